The fraction of sp³-hybridized carbons (Fsp3) is 0.462. The van der Waals surface area contributed by atoms with Gasteiger partial charge in [-0.1, -0.05) is 43.6 Å². The third-order valence-corrected chi connectivity index (χ3v) is 5.11. The summed E-state index contributed by atoms with van der Waals surface area (Å²) in [6.45, 7) is 0. The van der Waals surface area contributed by atoms with Crippen molar-refractivity contribution in [1.82, 2.24) is 4.72 Å². The molecule has 1 aromatic rings. The standard InChI is InChI=1S/C13H18N2O2S2/c14-13(18)10-5-4-8-12(9-10)19(16,17)15-11-6-2-1-3-7-11/h4-5,8-9,11,15H,1-3,6-7H2,(H2,14,18). The van der Waals surface area contributed by atoms with Crippen LogP contribution < -0.4 is 10.5 Å². The average Bonchev–Trinajstić information content (AvgIpc) is 2.39. The van der Waals surface area contributed by atoms with Crippen LogP contribution in [-0.4, -0.2) is 19.4 Å². The van der Waals surface area contributed by atoms with Crippen LogP contribution in [0.1, 0.15) is 37.7 Å². The molecule has 0 atom stereocenters. The number of rotatable bonds is 4. The van der Waals surface area contributed by atoms with E-state index in [1.165, 1.54) is 12.5 Å². The summed E-state index contributed by atoms with van der Waals surface area (Å²) < 4.78 is 27.3. The first-order chi connectivity index (χ1) is 8.99. The summed E-state index contributed by atoms with van der Waals surface area (Å²) in [5.74, 6) is 0. The van der Waals surface area contributed by atoms with Gasteiger partial charge in [-0.3, -0.25) is 0 Å². The summed E-state index contributed by atoms with van der Waals surface area (Å²) in [6.07, 6.45) is 5.18. The van der Waals surface area contributed by atoms with Crippen molar-refractivity contribution < 1.29 is 8.42 Å². The van der Waals surface area contributed by atoms with Crippen LogP contribution in [0.2, 0.25) is 0 Å². The molecule has 1 aliphatic rings. The highest BCUT2D eigenvalue weighted by Crippen LogP contribution is 2.20. The summed E-state index contributed by atoms with van der Waals surface area (Å²) in [5, 5.41) is 0. The lowest BCUT2D eigenvalue weighted by Gasteiger charge is -2.22. The van der Waals surface area contributed by atoms with Gasteiger partial charge in [-0.25, -0.2) is 13.1 Å². The van der Waals surface area contributed by atoms with Gasteiger partial charge in [0.05, 0.1) is 4.90 Å². The molecule has 0 radical (unpaired) electrons. The molecule has 4 nitrogen and oxygen atoms in total. The monoisotopic (exact) mass is 298 g/mol. The number of nitrogens with one attached hydrogen (secondary N) is 1. The maximum atomic E-state index is 12.3. The molecule has 0 saturated heterocycles. The first kappa shape index (κ1) is 14.4. The Bertz CT molecular complexity index is 564. The van der Waals surface area contributed by atoms with Crippen molar-refractivity contribution in [1.29, 1.82) is 0 Å². The highest BCUT2D eigenvalue weighted by molar-refractivity contribution is 7.89. The number of thiocarbonyl (C=S) groups is 1. The van der Waals surface area contributed by atoms with Gasteiger partial charge in [-0.2, -0.15) is 0 Å². The second-order valence-electron chi connectivity index (χ2n) is 4.85. The topological polar surface area (TPSA) is 72.2 Å². The molecule has 104 valence electrons. The number of nitrogens with two attached hydrogens (primary N) is 1. The van der Waals surface area contributed by atoms with Crippen LogP contribution in [0.25, 0.3) is 0 Å². The normalized spacial score (nSPS) is 17.3. The van der Waals surface area contributed by atoms with Gasteiger partial charge in [-0.15, -0.1) is 0 Å². The lowest BCUT2D eigenvalue weighted by atomic mass is 9.96. The Morgan fingerprint density at radius 2 is 1.95 bits per heavy atom. The van der Waals surface area contributed by atoms with Crippen molar-refractivity contribution in [3.05, 3.63) is 29.8 Å². The molecular formula is C13H18N2O2S2. The third-order valence-electron chi connectivity index (χ3n) is 3.36. The lowest BCUT2D eigenvalue weighted by molar-refractivity contribution is 0.412. The minimum atomic E-state index is -3.48. The quantitative estimate of drug-likeness (QED) is 0.833. The van der Waals surface area contributed by atoms with Crippen LogP contribution in [0.4, 0.5) is 0 Å². The molecule has 0 unspecified atom stereocenters. The average molecular weight is 298 g/mol. The van der Waals surface area contributed by atoms with Crippen LogP contribution in [-0.2, 0) is 10.0 Å². The Labute approximate surface area is 119 Å². The van der Waals surface area contributed by atoms with E-state index >= 15 is 0 Å². The van der Waals surface area contributed by atoms with Crippen molar-refractivity contribution in [3.8, 4) is 0 Å². The SMILES string of the molecule is NC(=S)c1cccc(S(=O)(=O)NC2CCCCC2)c1. The molecule has 0 aliphatic heterocycles. The molecule has 0 spiro atoms. The number of sulfonamides is 1. The maximum Gasteiger partial charge on any atom is 0.240 e. The van der Waals surface area contributed by atoms with Gasteiger partial charge in [0.2, 0.25) is 10.0 Å². The van der Waals surface area contributed by atoms with Gasteiger partial charge < -0.3 is 5.73 Å². The zero-order valence-corrected chi connectivity index (χ0v) is 12.3. The van der Waals surface area contributed by atoms with E-state index in [1.807, 2.05) is 0 Å². The second-order valence-corrected chi connectivity index (χ2v) is 7.00. The molecule has 3 N–H and O–H groups in total. The van der Waals surface area contributed by atoms with Crippen LogP contribution in [0, 0.1) is 0 Å². The summed E-state index contributed by atoms with van der Waals surface area (Å²) in [5.41, 5.74) is 6.10. The van der Waals surface area contributed by atoms with E-state index in [1.54, 1.807) is 18.2 Å². The molecule has 0 aromatic heterocycles. The molecule has 1 aliphatic carbocycles. The smallest absolute Gasteiger partial charge is 0.240 e. The third kappa shape index (κ3) is 3.75. The zero-order chi connectivity index (χ0) is 13.9. The first-order valence-electron chi connectivity index (χ1n) is 6.41. The number of hydrogen-bond donors (Lipinski definition) is 2. The highest BCUT2D eigenvalue weighted by Gasteiger charge is 2.22. The Hall–Kier alpha value is -0.980. The van der Waals surface area contributed by atoms with Gasteiger partial charge in [0.25, 0.3) is 0 Å². The molecule has 1 saturated carbocycles. The Kier molecular flexibility index (Phi) is 4.54. The predicted octanol–water partition coefficient (Wildman–Crippen LogP) is 1.93. The van der Waals surface area contributed by atoms with Crippen LogP contribution in [0.15, 0.2) is 29.2 Å². The largest absolute Gasteiger partial charge is 0.389 e. The van der Waals surface area contributed by atoms with Crippen LogP contribution in [0.3, 0.4) is 0 Å². The Balaban J connectivity index is 2.18. The highest BCUT2D eigenvalue weighted by atomic mass is 32.2. The van der Waals surface area contributed by atoms with Crippen molar-refractivity contribution in [3.63, 3.8) is 0 Å². The molecule has 0 amide bonds. The fourth-order valence-corrected chi connectivity index (χ4v) is 3.80. The Morgan fingerprint density at radius 1 is 1.26 bits per heavy atom. The zero-order valence-electron chi connectivity index (χ0n) is 10.6. The molecule has 19 heavy (non-hydrogen) atoms. The van der Waals surface area contributed by atoms with E-state index in [2.05, 4.69) is 4.72 Å². The molecule has 6 heteroatoms. The second kappa shape index (κ2) is 5.98. The minimum Gasteiger partial charge on any atom is -0.389 e. The van der Waals surface area contributed by atoms with Crippen LogP contribution in [0.5, 0.6) is 0 Å². The number of benzene rings is 1. The van der Waals surface area contributed by atoms with E-state index in [-0.39, 0.29) is 15.9 Å². The van der Waals surface area contributed by atoms with Crippen molar-refractivity contribution in [2.75, 3.05) is 0 Å². The molecular weight excluding hydrogens is 280 g/mol. The van der Waals surface area contributed by atoms with E-state index in [0.29, 0.717) is 5.56 Å². The molecule has 1 aromatic carbocycles. The van der Waals surface area contributed by atoms with Gasteiger partial charge in [0.1, 0.15) is 4.99 Å². The van der Waals surface area contributed by atoms with Crippen LogP contribution >= 0.6 is 12.2 Å². The minimum absolute atomic E-state index is 0.0484. The fourth-order valence-electron chi connectivity index (χ4n) is 2.32. The van der Waals surface area contributed by atoms with E-state index < -0.39 is 10.0 Å². The van der Waals surface area contributed by atoms with E-state index in [4.69, 9.17) is 18.0 Å². The number of hydrogen-bond acceptors (Lipinski definition) is 3. The lowest BCUT2D eigenvalue weighted by Crippen LogP contribution is -2.36. The summed E-state index contributed by atoms with van der Waals surface area (Å²) in [6, 6.07) is 6.50. The summed E-state index contributed by atoms with van der Waals surface area (Å²) >= 11 is 4.87. The van der Waals surface area contributed by atoms with Gasteiger partial charge in [0.15, 0.2) is 0 Å². The first-order valence-corrected chi connectivity index (χ1v) is 8.30. The summed E-state index contributed by atoms with van der Waals surface area (Å²) in [4.78, 5) is 0.429. The molecule has 2 rings (SSSR count). The maximum absolute atomic E-state index is 12.3. The molecule has 0 heterocycles. The predicted molar refractivity (Wildman–Crippen MR) is 79.5 cm³/mol. The van der Waals surface area contributed by atoms with Crippen molar-refractivity contribution >= 4 is 27.2 Å². The van der Waals surface area contributed by atoms with Gasteiger partial charge >= 0.3 is 0 Å². The van der Waals surface area contributed by atoms with Gasteiger partial charge in [-0.05, 0) is 25.0 Å². The summed E-state index contributed by atoms with van der Waals surface area (Å²) in [7, 11) is -3.48. The van der Waals surface area contributed by atoms with E-state index in [0.717, 1.165) is 25.7 Å². The van der Waals surface area contributed by atoms with Gasteiger partial charge in [0, 0.05) is 11.6 Å². The molecule has 0 bridgehead atoms. The molecule has 1 fully saturated rings. The van der Waals surface area contributed by atoms with Crippen molar-refractivity contribution in [2.24, 2.45) is 5.73 Å². The van der Waals surface area contributed by atoms with E-state index in [9.17, 15) is 8.42 Å². The Morgan fingerprint density at radius 3 is 2.58 bits per heavy atom. The van der Waals surface area contributed by atoms with Crippen molar-refractivity contribution in [2.45, 2.75) is 43.0 Å².